The Hall–Kier alpha value is -2.17. The van der Waals surface area contributed by atoms with Gasteiger partial charge < -0.3 is 5.11 Å². The van der Waals surface area contributed by atoms with E-state index in [9.17, 15) is 14.4 Å². The van der Waals surface area contributed by atoms with Crippen molar-refractivity contribution in [3.8, 4) is 0 Å². The molecular formula is C13H13NO4. The van der Waals surface area contributed by atoms with E-state index in [0.717, 1.165) is 10.5 Å². The third-order valence-corrected chi connectivity index (χ3v) is 2.90. The number of imide groups is 1. The summed E-state index contributed by atoms with van der Waals surface area (Å²) in [7, 11) is 0. The van der Waals surface area contributed by atoms with Crippen molar-refractivity contribution in [2.75, 3.05) is 4.90 Å². The van der Waals surface area contributed by atoms with E-state index < -0.39 is 5.97 Å². The molecule has 18 heavy (non-hydrogen) atoms. The van der Waals surface area contributed by atoms with Gasteiger partial charge in [-0.25, -0.2) is 9.69 Å². The van der Waals surface area contributed by atoms with Gasteiger partial charge in [-0.05, 0) is 25.5 Å². The lowest BCUT2D eigenvalue weighted by atomic mass is 10.0. The van der Waals surface area contributed by atoms with Crippen LogP contribution in [0.1, 0.15) is 35.2 Å². The molecular weight excluding hydrogens is 234 g/mol. The molecule has 2 amide bonds. The Morgan fingerprint density at radius 2 is 1.83 bits per heavy atom. The number of aromatic carboxylic acids is 1. The molecule has 2 rings (SSSR count). The molecule has 0 spiro atoms. The van der Waals surface area contributed by atoms with Gasteiger partial charge in [0.15, 0.2) is 0 Å². The molecule has 0 unspecified atom stereocenters. The van der Waals surface area contributed by atoms with Gasteiger partial charge in [-0.15, -0.1) is 0 Å². The summed E-state index contributed by atoms with van der Waals surface area (Å²) in [5.41, 5.74) is 0.925. The molecule has 5 heteroatoms. The van der Waals surface area contributed by atoms with Gasteiger partial charge in [0.1, 0.15) is 0 Å². The number of aryl methyl sites for hydroxylation is 1. The number of amides is 2. The lowest BCUT2D eigenvalue weighted by Gasteiger charge is -2.26. The van der Waals surface area contributed by atoms with Gasteiger partial charge >= 0.3 is 5.97 Å². The molecule has 0 saturated carbocycles. The zero-order valence-electron chi connectivity index (χ0n) is 9.97. The maximum absolute atomic E-state index is 11.8. The number of hydrogen-bond donors (Lipinski definition) is 1. The van der Waals surface area contributed by atoms with Crippen LogP contribution in [0.2, 0.25) is 0 Å². The van der Waals surface area contributed by atoms with Crippen LogP contribution in [0.25, 0.3) is 0 Å². The van der Waals surface area contributed by atoms with E-state index in [1.807, 2.05) is 0 Å². The standard InChI is InChI=1S/C13H13NO4/c1-8-5-6-10(9(7-8)13(17)18)14-11(15)3-2-4-12(14)16/h5-7H,2-4H2,1H3,(H,17,18). The number of carboxylic acid groups (broad SMARTS) is 1. The van der Waals surface area contributed by atoms with Gasteiger partial charge in [0.2, 0.25) is 11.8 Å². The van der Waals surface area contributed by atoms with E-state index >= 15 is 0 Å². The fourth-order valence-electron chi connectivity index (χ4n) is 2.04. The Balaban J connectivity index is 2.52. The monoisotopic (exact) mass is 247 g/mol. The van der Waals surface area contributed by atoms with Gasteiger partial charge in [-0.1, -0.05) is 11.6 Å². The maximum Gasteiger partial charge on any atom is 0.337 e. The van der Waals surface area contributed by atoms with E-state index in [4.69, 9.17) is 5.11 Å². The highest BCUT2D eigenvalue weighted by atomic mass is 16.4. The van der Waals surface area contributed by atoms with Crippen LogP contribution in [0.15, 0.2) is 18.2 Å². The van der Waals surface area contributed by atoms with Gasteiger partial charge in [-0.3, -0.25) is 9.59 Å². The van der Waals surface area contributed by atoms with Crippen molar-refractivity contribution in [1.82, 2.24) is 0 Å². The molecule has 94 valence electrons. The molecule has 0 atom stereocenters. The third kappa shape index (κ3) is 2.11. The van der Waals surface area contributed by atoms with Crippen molar-refractivity contribution in [1.29, 1.82) is 0 Å². The molecule has 1 aromatic rings. The highest BCUT2D eigenvalue weighted by Gasteiger charge is 2.30. The van der Waals surface area contributed by atoms with E-state index in [2.05, 4.69) is 0 Å². The summed E-state index contributed by atoms with van der Waals surface area (Å²) >= 11 is 0. The van der Waals surface area contributed by atoms with E-state index in [0.29, 0.717) is 6.42 Å². The highest BCUT2D eigenvalue weighted by molar-refractivity contribution is 6.18. The largest absolute Gasteiger partial charge is 0.478 e. The molecule has 0 aromatic heterocycles. The lowest BCUT2D eigenvalue weighted by Crippen LogP contribution is -2.41. The number of nitrogens with zero attached hydrogens (tertiary/aromatic N) is 1. The second-order valence-electron chi connectivity index (χ2n) is 4.30. The van der Waals surface area contributed by atoms with Crippen LogP contribution in [0.5, 0.6) is 0 Å². The van der Waals surface area contributed by atoms with Crippen molar-refractivity contribution in [3.05, 3.63) is 29.3 Å². The fraction of sp³-hybridized carbons (Fsp3) is 0.308. The predicted molar refractivity (Wildman–Crippen MR) is 64.5 cm³/mol. The summed E-state index contributed by atoms with van der Waals surface area (Å²) in [6.07, 6.45) is 1.08. The highest BCUT2D eigenvalue weighted by Crippen LogP contribution is 2.26. The van der Waals surface area contributed by atoms with Gasteiger partial charge in [-0.2, -0.15) is 0 Å². The summed E-state index contributed by atoms with van der Waals surface area (Å²) in [4.78, 5) is 35.7. The smallest absolute Gasteiger partial charge is 0.337 e. The molecule has 1 N–H and O–H groups in total. The molecule has 5 nitrogen and oxygen atoms in total. The van der Waals surface area contributed by atoms with Crippen LogP contribution in [-0.4, -0.2) is 22.9 Å². The van der Waals surface area contributed by atoms with E-state index in [1.165, 1.54) is 12.1 Å². The number of carboxylic acids is 1. The minimum atomic E-state index is -1.14. The zero-order valence-corrected chi connectivity index (χ0v) is 9.97. The molecule has 0 aliphatic carbocycles. The fourth-order valence-corrected chi connectivity index (χ4v) is 2.04. The van der Waals surface area contributed by atoms with E-state index in [1.54, 1.807) is 13.0 Å². The summed E-state index contributed by atoms with van der Waals surface area (Å²) < 4.78 is 0. The molecule has 1 saturated heterocycles. The van der Waals surface area contributed by atoms with Crippen molar-refractivity contribution >= 4 is 23.5 Å². The first kappa shape index (κ1) is 12.3. The number of benzene rings is 1. The van der Waals surface area contributed by atoms with Crippen LogP contribution in [-0.2, 0) is 9.59 Å². The lowest BCUT2D eigenvalue weighted by molar-refractivity contribution is -0.129. The Bertz CT molecular complexity index is 520. The van der Waals surface area contributed by atoms with E-state index in [-0.39, 0.29) is 35.9 Å². The van der Waals surface area contributed by atoms with Gasteiger partial charge in [0.25, 0.3) is 0 Å². The molecule has 1 fully saturated rings. The quantitative estimate of drug-likeness (QED) is 0.808. The third-order valence-electron chi connectivity index (χ3n) is 2.90. The molecule has 1 aliphatic heterocycles. The number of carbonyl (C=O) groups excluding carboxylic acids is 2. The molecule has 1 aliphatic rings. The van der Waals surface area contributed by atoms with Crippen LogP contribution >= 0.6 is 0 Å². The summed E-state index contributed by atoms with van der Waals surface area (Å²) in [6.45, 7) is 1.76. The van der Waals surface area contributed by atoms with Crippen LogP contribution in [0, 0.1) is 6.92 Å². The first-order valence-electron chi connectivity index (χ1n) is 5.70. The predicted octanol–water partition coefficient (Wildman–Crippen LogP) is 1.74. The van der Waals surface area contributed by atoms with Crippen molar-refractivity contribution in [2.24, 2.45) is 0 Å². The first-order valence-corrected chi connectivity index (χ1v) is 5.70. The Morgan fingerprint density at radius 3 is 2.39 bits per heavy atom. The van der Waals surface area contributed by atoms with Crippen molar-refractivity contribution < 1.29 is 19.5 Å². The van der Waals surface area contributed by atoms with Gasteiger partial charge in [0.05, 0.1) is 11.3 Å². The number of piperidine rings is 1. The molecule has 0 bridgehead atoms. The summed E-state index contributed by atoms with van der Waals surface area (Å²) in [6, 6.07) is 4.67. The second kappa shape index (κ2) is 4.60. The average molecular weight is 247 g/mol. The van der Waals surface area contributed by atoms with Crippen molar-refractivity contribution in [2.45, 2.75) is 26.2 Å². The number of carbonyl (C=O) groups is 3. The number of anilines is 1. The minimum Gasteiger partial charge on any atom is -0.478 e. The number of hydrogen-bond acceptors (Lipinski definition) is 3. The van der Waals surface area contributed by atoms with Gasteiger partial charge in [0, 0.05) is 12.8 Å². The first-order chi connectivity index (χ1) is 8.50. The van der Waals surface area contributed by atoms with Crippen LogP contribution in [0.3, 0.4) is 0 Å². The zero-order chi connectivity index (χ0) is 13.3. The topological polar surface area (TPSA) is 74.7 Å². The SMILES string of the molecule is Cc1ccc(N2C(=O)CCCC2=O)c(C(=O)O)c1. The average Bonchev–Trinajstić information content (AvgIpc) is 2.30. The second-order valence-corrected chi connectivity index (χ2v) is 4.30. The van der Waals surface area contributed by atoms with Crippen molar-refractivity contribution in [3.63, 3.8) is 0 Å². The Labute approximate surface area is 104 Å². The molecule has 1 heterocycles. The summed E-state index contributed by atoms with van der Waals surface area (Å²) in [5.74, 6) is -1.81. The summed E-state index contributed by atoms with van der Waals surface area (Å²) in [5, 5.41) is 9.14. The van der Waals surface area contributed by atoms with Crippen LogP contribution < -0.4 is 4.90 Å². The minimum absolute atomic E-state index is 0.0152. The molecule has 0 radical (unpaired) electrons. The number of rotatable bonds is 2. The van der Waals surface area contributed by atoms with Crippen LogP contribution in [0.4, 0.5) is 5.69 Å². The Kier molecular flexibility index (Phi) is 3.14. The normalized spacial score (nSPS) is 15.9. The Morgan fingerprint density at radius 1 is 1.22 bits per heavy atom. The molecule has 1 aromatic carbocycles. The maximum atomic E-state index is 11.8.